The van der Waals surface area contributed by atoms with E-state index in [1.165, 1.54) is 0 Å². The van der Waals surface area contributed by atoms with Gasteiger partial charge in [-0.3, -0.25) is 9.52 Å². The summed E-state index contributed by atoms with van der Waals surface area (Å²) in [5, 5.41) is 9.21. The number of aliphatic carboxylic acids is 1. The van der Waals surface area contributed by atoms with Crippen LogP contribution in [0.15, 0.2) is 24.3 Å². The van der Waals surface area contributed by atoms with Crippen molar-refractivity contribution in [2.24, 2.45) is 5.92 Å². The van der Waals surface area contributed by atoms with Crippen molar-refractivity contribution in [1.29, 1.82) is 0 Å². The summed E-state index contributed by atoms with van der Waals surface area (Å²) in [6.45, 7) is 4.40. The molecule has 1 aliphatic rings. The first-order chi connectivity index (χ1) is 10.7. The second-order valence-electron chi connectivity index (χ2n) is 6.47. The van der Waals surface area contributed by atoms with Gasteiger partial charge in [-0.2, -0.15) is 0 Å². The number of sulfonamides is 1. The van der Waals surface area contributed by atoms with E-state index in [0.717, 1.165) is 12.8 Å². The molecule has 6 nitrogen and oxygen atoms in total. The summed E-state index contributed by atoms with van der Waals surface area (Å²) in [5.41, 5.74) is 0.0388. The molecule has 0 aliphatic carbocycles. The number of anilines is 1. The smallest absolute Gasteiger partial charge is 0.313 e. The number of ether oxygens (including phenoxy) is 1. The van der Waals surface area contributed by atoms with Crippen LogP contribution in [0.3, 0.4) is 0 Å². The Kier molecular flexibility index (Phi) is 5.31. The van der Waals surface area contributed by atoms with E-state index in [9.17, 15) is 18.3 Å². The molecule has 1 aliphatic heterocycles. The Balaban J connectivity index is 2.03. The van der Waals surface area contributed by atoms with Gasteiger partial charge >= 0.3 is 5.97 Å². The predicted molar refractivity (Wildman–Crippen MR) is 88.1 cm³/mol. The van der Waals surface area contributed by atoms with E-state index in [2.05, 4.69) is 4.72 Å². The molecule has 1 saturated heterocycles. The molecule has 0 aromatic heterocycles. The normalized spacial score (nSPS) is 19.3. The van der Waals surface area contributed by atoms with E-state index >= 15 is 0 Å². The first kappa shape index (κ1) is 17.7. The highest BCUT2D eigenvalue weighted by Crippen LogP contribution is 2.25. The Morgan fingerprint density at radius 3 is 2.52 bits per heavy atom. The molecule has 7 heteroatoms. The lowest BCUT2D eigenvalue weighted by molar-refractivity contribution is -0.142. The highest BCUT2D eigenvalue weighted by atomic mass is 32.2. The fourth-order valence-electron chi connectivity index (χ4n) is 2.55. The zero-order valence-corrected chi connectivity index (χ0v) is 14.2. The van der Waals surface area contributed by atoms with Gasteiger partial charge in [-0.05, 0) is 50.3 Å². The fourth-order valence-corrected chi connectivity index (χ4v) is 4.01. The number of carboxylic acids is 1. The standard InChI is InChI=1S/C16H23NO5S/c1-16(2,15(18)19)13-5-7-14(8-6-13)17-23(20,21)11-12-4-3-9-22-10-12/h5-8,12,17H,3-4,9-11H2,1-2H3,(H,18,19). The van der Waals surface area contributed by atoms with Gasteiger partial charge in [0, 0.05) is 12.3 Å². The molecule has 1 atom stereocenters. The van der Waals surface area contributed by atoms with Gasteiger partial charge < -0.3 is 9.84 Å². The van der Waals surface area contributed by atoms with Crippen LogP contribution in [-0.2, 0) is 25.0 Å². The summed E-state index contributed by atoms with van der Waals surface area (Å²) in [5.74, 6) is -0.871. The number of hydrogen-bond acceptors (Lipinski definition) is 4. The fraction of sp³-hybridized carbons (Fsp3) is 0.562. The highest BCUT2D eigenvalue weighted by molar-refractivity contribution is 7.92. The monoisotopic (exact) mass is 341 g/mol. The van der Waals surface area contributed by atoms with Crippen molar-refractivity contribution >= 4 is 21.7 Å². The molecule has 0 radical (unpaired) electrons. The molecule has 23 heavy (non-hydrogen) atoms. The second kappa shape index (κ2) is 6.88. The average molecular weight is 341 g/mol. The summed E-state index contributed by atoms with van der Waals surface area (Å²) in [7, 11) is -3.45. The van der Waals surface area contributed by atoms with Gasteiger partial charge in [0.2, 0.25) is 10.0 Å². The van der Waals surface area contributed by atoms with Crippen molar-refractivity contribution in [3.05, 3.63) is 29.8 Å². The molecule has 1 heterocycles. The molecular formula is C16H23NO5S. The Labute approximate surface area is 136 Å². The Bertz CT molecular complexity index is 646. The summed E-state index contributed by atoms with van der Waals surface area (Å²) >= 11 is 0. The van der Waals surface area contributed by atoms with Crippen molar-refractivity contribution in [3.8, 4) is 0 Å². The zero-order chi connectivity index (χ0) is 17.1. The third-order valence-corrected chi connectivity index (χ3v) is 5.58. The number of hydrogen-bond donors (Lipinski definition) is 2. The molecule has 0 bridgehead atoms. The van der Waals surface area contributed by atoms with E-state index < -0.39 is 21.4 Å². The van der Waals surface area contributed by atoms with Crippen molar-refractivity contribution < 1.29 is 23.1 Å². The van der Waals surface area contributed by atoms with Crippen LogP contribution < -0.4 is 4.72 Å². The van der Waals surface area contributed by atoms with Crippen LogP contribution in [0, 0.1) is 5.92 Å². The summed E-state index contributed by atoms with van der Waals surface area (Å²) in [6.07, 6.45) is 1.74. The minimum Gasteiger partial charge on any atom is -0.481 e. The summed E-state index contributed by atoms with van der Waals surface area (Å²) in [6, 6.07) is 6.45. The SMILES string of the molecule is CC(C)(C(=O)O)c1ccc(NS(=O)(=O)CC2CCCOC2)cc1. The summed E-state index contributed by atoms with van der Waals surface area (Å²) in [4.78, 5) is 11.2. The number of nitrogens with one attached hydrogen (secondary N) is 1. The minimum atomic E-state index is -3.45. The largest absolute Gasteiger partial charge is 0.481 e. The maximum absolute atomic E-state index is 12.2. The third kappa shape index (κ3) is 4.68. The molecule has 0 amide bonds. The highest BCUT2D eigenvalue weighted by Gasteiger charge is 2.29. The summed E-state index contributed by atoms with van der Waals surface area (Å²) < 4.78 is 32.2. The second-order valence-corrected chi connectivity index (χ2v) is 8.24. The van der Waals surface area contributed by atoms with Crippen LogP contribution in [0.2, 0.25) is 0 Å². The molecule has 1 fully saturated rings. The van der Waals surface area contributed by atoms with Gasteiger partial charge in [-0.25, -0.2) is 8.42 Å². The molecule has 1 aromatic rings. The van der Waals surface area contributed by atoms with Gasteiger partial charge in [0.25, 0.3) is 0 Å². The van der Waals surface area contributed by atoms with Crippen LogP contribution in [0.4, 0.5) is 5.69 Å². The maximum atomic E-state index is 12.2. The van der Waals surface area contributed by atoms with Crippen LogP contribution in [0.25, 0.3) is 0 Å². The number of benzene rings is 1. The number of carboxylic acid groups (broad SMARTS) is 1. The zero-order valence-electron chi connectivity index (χ0n) is 13.4. The van der Waals surface area contributed by atoms with Crippen LogP contribution in [0.1, 0.15) is 32.3 Å². The Morgan fingerprint density at radius 1 is 1.35 bits per heavy atom. The van der Waals surface area contributed by atoms with E-state index in [-0.39, 0.29) is 11.7 Å². The van der Waals surface area contributed by atoms with Gasteiger partial charge in [0.05, 0.1) is 17.8 Å². The molecule has 1 unspecified atom stereocenters. The van der Waals surface area contributed by atoms with Gasteiger partial charge in [-0.1, -0.05) is 12.1 Å². The molecule has 1 aromatic carbocycles. The van der Waals surface area contributed by atoms with Crippen molar-refractivity contribution in [1.82, 2.24) is 0 Å². The third-order valence-electron chi connectivity index (χ3n) is 4.12. The molecular weight excluding hydrogens is 318 g/mol. The van der Waals surface area contributed by atoms with E-state index in [0.29, 0.717) is 24.5 Å². The predicted octanol–water partition coefficient (Wildman–Crippen LogP) is 2.22. The van der Waals surface area contributed by atoms with E-state index in [1.54, 1.807) is 38.1 Å². The Morgan fingerprint density at radius 2 is 2.00 bits per heavy atom. The first-order valence-electron chi connectivity index (χ1n) is 7.63. The van der Waals surface area contributed by atoms with Crippen LogP contribution in [-0.4, -0.2) is 38.5 Å². The molecule has 2 N–H and O–H groups in total. The quantitative estimate of drug-likeness (QED) is 0.827. The number of rotatable bonds is 6. The van der Waals surface area contributed by atoms with Crippen molar-refractivity contribution in [3.63, 3.8) is 0 Å². The van der Waals surface area contributed by atoms with Crippen molar-refractivity contribution in [2.45, 2.75) is 32.1 Å². The van der Waals surface area contributed by atoms with Crippen LogP contribution >= 0.6 is 0 Å². The van der Waals surface area contributed by atoms with E-state index in [1.807, 2.05) is 0 Å². The number of carbonyl (C=O) groups is 1. The minimum absolute atomic E-state index is 0.0199. The topological polar surface area (TPSA) is 92.7 Å². The van der Waals surface area contributed by atoms with Crippen LogP contribution in [0.5, 0.6) is 0 Å². The maximum Gasteiger partial charge on any atom is 0.313 e. The lowest BCUT2D eigenvalue weighted by Crippen LogP contribution is -2.29. The van der Waals surface area contributed by atoms with Gasteiger partial charge in [-0.15, -0.1) is 0 Å². The van der Waals surface area contributed by atoms with Gasteiger partial charge in [0.15, 0.2) is 0 Å². The first-order valence-corrected chi connectivity index (χ1v) is 9.28. The Hall–Kier alpha value is -1.60. The average Bonchev–Trinajstić information content (AvgIpc) is 2.47. The lowest BCUT2D eigenvalue weighted by Gasteiger charge is -2.22. The molecule has 128 valence electrons. The molecule has 0 spiro atoms. The molecule has 0 saturated carbocycles. The van der Waals surface area contributed by atoms with Crippen molar-refractivity contribution in [2.75, 3.05) is 23.7 Å². The lowest BCUT2D eigenvalue weighted by atomic mass is 9.85. The van der Waals surface area contributed by atoms with E-state index in [4.69, 9.17) is 4.74 Å². The van der Waals surface area contributed by atoms with Gasteiger partial charge in [0.1, 0.15) is 0 Å². The molecule has 2 rings (SSSR count).